The van der Waals surface area contributed by atoms with Gasteiger partial charge in [0.2, 0.25) is 5.91 Å². The van der Waals surface area contributed by atoms with Crippen LogP contribution in [0, 0.1) is 0 Å². The molecule has 104 valence electrons. The van der Waals surface area contributed by atoms with Gasteiger partial charge < -0.3 is 10.2 Å². The molecule has 0 aromatic heterocycles. The van der Waals surface area contributed by atoms with Crippen molar-refractivity contribution in [3.63, 3.8) is 0 Å². The molecule has 0 heterocycles. The Kier molecular flexibility index (Phi) is 5.18. The Morgan fingerprint density at radius 3 is 2.35 bits per heavy atom. The molecular weight excluding hydrogens is 316 g/mol. The minimum absolute atomic E-state index is 0.0571. The van der Waals surface area contributed by atoms with Crippen LogP contribution in [0.3, 0.4) is 0 Å². The van der Waals surface area contributed by atoms with E-state index < -0.39 is 0 Å². The lowest BCUT2D eigenvalue weighted by Gasteiger charge is -2.21. The van der Waals surface area contributed by atoms with Crippen molar-refractivity contribution in [1.82, 2.24) is 0 Å². The van der Waals surface area contributed by atoms with Gasteiger partial charge in [-0.1, -0.05) is 34.1 Å². The maximum atomic E-state index is 12.3. The molecular formula is C16H17BrN2O. The van der Waals surface area contributed by atoms with E-state index in [1.165, 1.54) is 0 Å². The zero-order valence-corrected chi connectivity index (χ0v) is 12.9. The first-order chi connectivity index (χ1) is 9.70. The van der Waals surface area contributed by atoms with Gasteiger partial charge in [-0.25, -0.2) is 0 Å². The van der Waals surface area contributed by atoms with Crippen molar-refractivity contribution < 1.29 is 4.79 Å². The first-order valence-electron chi connectivity index (χ1n) is 6.55. The van der Waals surface area contributed by atoms with E-state index in [1.807, 2.05) is 61.5 Å². The Bertz CT molecular complexity index is 554. The predicted molar refractivity (Wildman–Crippen MR) is 87.1 cm³/mol. The van der Waals surface area contributed by atoms with Gasteiger partial charge in [0.1, 0.15) is 0 Å². The van der Waals surface area contributed by atoms with Crippen molar-refractivity contribution in [2.24, 2.45) is 0 Å². The smallest absolute Gasteiger partial charge is 0.246 e. The van der Waals surface area contributed by atoms with E-state index in [4.69, 9.17) is 0 Å². The average Bonchev–Trinajstić information content (AvgIpc) is 2.48. The van der Waals surface area contributed by atoms with Crippen molar-refractivity contribution in [3.05, 3.63) is 59.1 Å². The summed E-state index contributed by atoms with van der Waals surface area (Å²) in [5.41, 5.74) is 1.86. The summed E-state index contributed by atoms with van der Waals surface area (Å²) in [4.78, 5) is 14.0. The number of likely N-dealkylation sites (N-methyl/N-ethyl adjacent to an activating group) is 1. The quantitative estimate of drug-likeness (QED) is 0.900. The summed E-state index contributed by atoms with van der Waals surface area (Å²) < 4.78 is 1.02. The first-order valence-corrected chi connectivity index (χ1v) is 7.35. The van der Waals surface area contributed by atoms with Gasteiger partial charge in [0.05, 0.1) is 6.54 Å². The average molecular weight is 333 g/mol. The minimum Gasteiger partial charge on any atom is -0.376 e. The normalized spacial score (nSPS) is 10.1. The van der Waals surface area contributed by atoms with Gasteiger partial charge in [-0.2, -0.15) is 0 Å². The predicted octanol–water partition coefficient (Wildman–Crippen LogP) is 3.91. The van der Waals surface area contributed by atoms with Crippen LogP contribution >= 0.6 is 15.9 Å². The standard InChI is InChI=1S/C16H17BrN2O/c1-2-19(15-6-4-3-5-7-15)16(20)12-18-14-10-8-13(17)9-11-14/h3-11,18H,2,12H2,1H3. The molecule has 2 rings (SSSR count). The van der Waals surface area contributed by atoms with Crippen LogP contribution in [0.5, 0.6) is 0 Å². The molecule has 0 radical (unpaired) electrons. The highest BCUT2D eigenvalue weighted by atomic mass is 79.9. The molecule has 20 heavy (non-hydrogen) atoms. The van der Waals surface area contributed by atoms with Gasteiger partial charge in [-0.15, -0.1) is 0 Å². The number of para-hydroxylation sites is 1. The molecule has 0 saturated heterocycles. The second kappa shape index (κ2) is 7.10. The van der Waals surface area contributed by atoms with Gasteiger partial charge >= 0.3 is 0 Å². The van der Waals surface area contributed by atoms with Crippen molar-refractivity contribution in [2.75, 3.05) is 23.3 Å². The monoisotopic (exact) mass is 332 g/mol. The second-order valence-electron chi connectivity index (χ2n) is 4.33. The zero-order valence-electron chi connectivity index (χ0n) is 11.3. The van der Waals surface area contributed by atoms with Crippen LogP contribution in [-0.2, 0) is 4.79 Å². The number of anilines is 2. The largest absolute Gasteiger partial charge is 0.376 e. The molecule has 0 aliphatic heterocycles. The van der Waals surface area contributed by atoms with E-state index in [0.29, 0.717) is 6.54 Å². The molecule has 0 bridgehead atoms. The molecule has 1 N–H and O–H groups in total. The van der Waals surface area contributed by atoms with Crippen LogP contribution in [0.15, 0.2) is 59.1 Å². The highest BCUT2D eigenvalue weighted by Crippen LogP contribution is 2.15. The maximum absolute atomic E-state index is 12.3. The SMILES string of the molecule is CCN(C(=O)CNc1ccc(Br)cc1)c1ccccc1. The van der Waals surface area contributed by atoms with Crippen LogP contribution in [0.4, 0.5) is 11.4 Å². The third kappa shape index (κ3) is 3.84. The molecule has 2 aromatic carbocycles. The van der Waals surface area contributed by atoms with Crippen LogP contribution in [-0.4, -0.2) is 19.0 Å². The van der Waals surface area contributed by atoms with Gasteiger partial charge in [-0.3, -0.25) is 4.79 Å². The zero-order chi connectivity index (χ0) is 14.4. The number of hydrogen-bond acceptors (Lipinski definition) is 2. The van der Waals surface area contributed by atoms with Gasteiger partial charge in [0.15, 0.2) is 0 Å². The highest BCUT2D eigenvalue weighted by molar-refractivity contribution is 9.10. The summed E-state index contributed by atoms with van der Waals surface area (Å²) in [5, 5.41) is 3.14. The van der Waals surface area contributed by atoms with Crippen LogP contribution in [0.1, 0.15) is 6.92 Å². The van der Waals surface area contributed by atoms with Gasteiger partial charge in [0.25, 0.3) is 0 Å². The van der Waals surface area contributed by atoms with E-state index in [0.717, 1.165) is 15.8 Å². The van der Waals surface area contributed by atoms with Crippen LogP contribution < -0.4 is 10.2 Å². The van der Waals surface area contributed by atoms with Gasteiger partial charge in [-0.05, 0) is 43.3 Å². The molecule has 0 spiro atoms. The Labute approximate surface area is 127 Å². The summed E-state index contributed by atoms with van der Waals surface area (Å²) in [7, 11) is 0. The van der Waals surface area contributed by atoms with E-state index in [2.05, 4.69) is 21.2 Å². The molecule has 2 aromatic rings. The Balaban J connectivity index is 1.98. The molecule has 0 aliphatic carbocycles. The molecule has 4 heteroatoms. The number of amides is 1. The van der Waals surface area contributed by atoms with Crippen LogP contribution in [0.2, 0.25) is 0 Å². The molecule has 0 unspecified atom stereocenters. The highest BCUT2D eigenvalue weighted by Gasteiger charge is 2.12. The first kappa shape index (κ1) is 14.6. The fraction of sp³-hybridized carbons (Fsp3) is 0.188. The summed E-state index contributed by atoms with van der Waals surface area (Å²) in [5.74, 6) is 0.0571. The topological polar surface area (TPSA) is 32.3 Å². The fourth-order valence-electron chi connectivity index (χ4n) is 1.95. The van der Waals surface area contributed by atoms with Crippen molar-refractivity contribution in [2.45, 2.75) is 6.92 Å². The Morgan fingerprint density at radius 2 is 1.75 bits per heavy atom. The fourth-order valence-corrected chi connectivity index (χ4v) is 2.22. The number of nitrogens with one attached hydrogen (secondary N) is 1. The number of hydrogen-bond donors (Lipinski definition) is 1. The summed E-state index contributed by atoms with van der Waals surface area (Å²) in [6, 6.07) is 17.5. The number of carbonyl (C=O) groups excluding carboxylic acids is 1. The summed E-state index contributed by atoms with van der Waals surface area (Å²) in [6.45, 7) is 2.92. The number of benzene rings is 2. The minimum atomic E-state index is 0.0571. The summed E-state index contributed by atoms with van der Waals surface area (Å²) >= 11 is 3.39. The lowest BCUT2D eigenvalue weighted by molar-refractivity contribution is -0.116. The Morgan fingerprint density at radius 1 is 1.10 bits per heavy atom. The number of nitrogens with zero attached hydrogens (tertiary/aromatic N) is 1. The lowest BCUT2D eigenvalue weighted by atomic mass is 10.2. The molecule has 0 atom stereocenters. The molecule has 0 aliphatic rings. The number of rotatable bonds is 5. The Hall–Kier alpha value is -1.81. The third-order valence-corrected chi connectivity index (χ3v) is 3.50. The van der Waals surface area contributed by atoms with E-state index in [-0.39, 0.29) is 12.5 Å². The molecule has 0 saturated carbocycles. The third-order valence-electron chi connectivity index (χ3n) is 2.97. The van der Waals surface area contributed by atoms with E-state index in [1.54, 1.807) is 4.90 Å². The van der Waals surface area contributed by atoms with E-state index >= 15 is 0 Å². The molecule has 3 nitrogen and oxygen atoms in total. The van der Waals surface area contributed by atoms with Crippen molar-refractivity contribution >= 4 is 33.2 Å². The lowest BCUT2D eigenvalue weighted by Crippen LogP contribution is -2.35. The molecule has 0 fully saturated rings. The van der Waals surface area contributed by atoms with Crippen molar-refractivity contribution in [1.29, 1.82) is 0 Å². The van der Waals surface area contributed by atoms with Crippen molar-refractivity contribution in [3.8, 4) is 0 Å². The number of carbonyl (C=O) groups is 1. The molecule has 1 amide bonds. The second-order valence-corrected chi connectivity index (χ2v) is 5.25. The maximum Gasteiger partial charge on any atom is 0.246 e. The summed E-state index contributed by atoms with van der Waals surface area (Å²) in [6.07, 6.45) is 0. The van der Waals surface area contributed by atoms with Gasteiger partial charge in [0, 0.05) is 22.4 Å². The number of halogens is 1. The van der Waals surface area contributed by atoms with E-state index in [9.17, 15) is 4.79 Å². The van der Waals surface area contributed by atoms with Crippen LogP contribution in [0.25, 0.3) is 0 Å².